The minimum Gasteiger partial charge on any atom is -0.349 e. The van der Waals surface area contributed by atoms with E-state index >= 15 is 0 Å². The van der Waals surface area contributed by atoms with E-state index in [0.29, 0.717) is 17.3 Å². The van der Waals surface area contributed by atoms with Crippen LogP contribution >= 0.6 is 0 Å². The van der Waals surface area contributed by atoms with Crippen LogP contribution in [0.5, 0.6) is 0 Å². The highest BCUT2D eigenvalue weighted by molar-refractivity contribution is 5.95. The van der Waals surface area contributed by atoms with E-state index in [9.17, 15) is 9.59 Å². The molecule has 1 aliphatic carbocycles. The van der Waals surface area contributed by atoms with Crippen LogP contribution in [0.1, 0.15) is 23.2 Å². The molecule has 0 saturated heterocycles. The summed E-state index contributed by atoms with van der Waals surface area (Å²) in [7, 11) is 0. The van der Waals surface area contributed by atoms with E-state index in [2.05, 4.69) is 10.3 Å². The predicted molar refractivity (Wildman–Crippen MR) is 54.7 cm³/mol. The van der Waals surface area contributed by atoms with Gasteiger partial charge in [-0.05, 0) is 31.0 Å². The van der Waals surface area contributed by atoms with E-state index in [1.807, 2.05) is 0 Å². The summed E-state index contributed by atoms with van der Waals surface area (Å²) >= 11 is 0. The van der Waals surface area contributed by atoms with Crippen LogP contribution in [-0.2, 0) is 4.79 Å². The Balaban J connectivity index is 2.15. The topological polar surface area (TPSA) is 58.5 Å². The maximum Gasteiger partial charge on any atom is 0.251 e. The van der Waals surface area contributed by atoms with Gasteiger partial charge in [0.05, 0.1) is 5.69 Å². The summed E-state index contributed by atoms with van der Waals surface area (Å²) in [4.78, 5) is 25.1. The molecule has 1 amide bonds. The Kier molecular flexibility index (Phi) is 2.61. The van der Waals surface area contributed by atoms with Crippen LogP contribution in [0, 0.1) is 0 Å². The van der Waals surface area contributed by atoms with Crippen molar-refractivity contribution in [3.8, 4) is 0 Å². The molecule has 1 N–H and O–H groups in total. The summed E-state index contributed by atoms with van der Waals surface area (Å²) in [5.41, 5.74) is 0.979. The smallest absolute Gasteiger partial charge is 0.251 e. The second-order valence-electron chi connectivity index (χ2n) is 3.50. The number of isocyanates is 1. The third kappa shape index (κ3) is 2.51. The number of hydrogen-bond donors (Lipinski definition) is 1. The maximum absolute atomic E-state index is 11.6. The zero-order valence-corrected chi connectivity index (χ0v) is 8.06. The van der Waals surface area contributed by atoms with Gasteiger partial charge in [-0.2, -0.15) is 4.99 Å². The molecular weight excluding hydrogens is 192 g/mol. The molecular formula is C11H10N2O2. The monoisotopic (exact) mass is 202 g/mol. The molecule has 4 nitrogen and oxygen atoms in total. The SMILES string of the molecule is O=C=Nc1cccc(C(=O)NC2CC2)c1. The van der Waals surface area contributed by atoms with Crippen LogP contribution in [-0.4, -0.2) is 18.0 Å². The lowest BCUT2D eigenvalue weighted by Crippen LogP contribution is -2.25. The van der Waals surface area contributed by atoms with Crippen molar-refractivity contribution in [2.24, 2.45) is 4.99 Å². The average molecular weight is 202 g/mol. The Bertz CT molecular complexity index is 432. The molecule has 2 rings (SSSR count). The van der Waals surface area contributed by atoms with Crippen molar-refractivity contribution in [3.63, 3.8) is 0 Å². The summed E-state index contributed by atoms with van der Waals surface area (Å²) in [5, 5.41) is 2.86. The Morgan fingerprint density at radius 1 is 1.47 bits per heavy atom. The molecule has 0 spiro atoms. The number of amides is 1. The molecule has 1 fully saturated rings. The summed E-state index contributed by atoms with van der Waals surface area (Å²) < 4.78 is 0. The van der Waals surface area contributed by atoms with Gasteiger partial charge >= 0.3 is 0 Å². The van der Waals surface area contributed by atoms with Gasteiger partial charge in [0, 0.05) is 11.6 Å². The van der Waals surface area contributed by atoms with E-state index in [0.717, 1.165) is 12.8 Å². The first-order chi connectivity index (χ1) is 7.29. The molecule has 1 aliphatic rings. The van der Waals surface area contributed by atoms with Crippen molar-refractivity contribution < 1.29 is 9.59 Å². The fourth-order valence-electron chi connectivity index (χ4n) is 1.27. The zero-order valence-electron chi connectivity index (χ0n) is 8.06. The van der Waals surface area contributed by atoms with E-state index < -0.39 is 0 Å². The molecule has 0 aromatic heterocycles. The number of hydrogen-bond acceptors (Lipinski definition) is 3. The van der Waals surface area contributed by atoms with Crippen molar-refractivity contribution in [2.45, 2.75) is 18.9 Å². The Labute approximate surface area is 87.0 Å². The Morgan fingerprint density at radius 3 is 2.93 bits per heavy atom. The standard InChI is InChI=1S/C11H10N2O2/c14-7-12-10-3-1-2-8(6-10)11(15)13-9-4-5-9/h1-3,6,9H,4-5H2,(H,13,15). The number of carbonyl (C=O) groups excluding carboxylic acids is 2. The van der Waals surface area contributed by atoms with E-state index in [4.69, 9.17) is 0 Å². The molecule has 15 heavy (non-hydrogen) atoms. The van der Waals surface area contributed by atoms with Crippen LogP contribution in [0.3, 0.4) is 0 Å². The number of nitrogens with one attached hydrogen (secondary N) is 1. The highest BCUT2D eigenvalue weighted by atomic mass is 16.1. The number of benzene rings is 1. The van der Waals surface area contributed by atoms with Gasteiger partial charge in [0.25, 0.3) is 5.91 Å². The van der Waals surface area contributed by atoms with Gasteiger partial charge in [0.15, 0.2) is 0 Å². The highest BCUT2D eigenvalue weighted by Gasteiger charge is 2.23. The normalized spacial score (nSPS) is 14.1. The number of nitrogens with zero attached hydrogens (tertiary/aromatic N) is 1. The molecule has 0 heterocycles. The summed E-state index contributed by atoms with van der Waals surface area (Å²) in [6.07, 6.45) is 3.55. The Hall–Kier alpha value is -1.93. The molecule has 0 atom stereocenters. The first-order valence-corrected chi connectivity index (χ1v) is 4.78. The predicted octanol–water partition coefficient (Wildman–Crippen LogP) is 1.55. The fraction of sp³-hybridized carbons (Fsp3) is 0.273. The Morgan fingerprint density at radius 2 is 2.27 bits per heavy atom. The molecule has 0 bridgehead atoms. The minimum atomic E-state index is -0.111. The minimum absolute atomic E-state index is 0.111. The van der Waals surface area contributed by atoms with Crippen LogP contribution in [0.2, 0.25) is 0 Å². The van der Waals surface area contributed by atoms with E-state index in [1.165, 1.54) is 6.08 Å². The zero-order chi connectivity index (χ0) is 10.7. The summed E-state index contributed by atoms with van der Waals surface area (Å²) in [6.45, 7) is 0. The van der Waals surface area contributed by atoms with Crippen molar-refractivity contribution in [1.82, 2.24) is 5.32 Å². The van der Waals surface area contributed by atoms with Gasteiger partial charge in [-0.1, -0.05) is 6.07 Å². The van der Waals surface area contributed by atoms with Crippen LogP contribution in [0.25, 0.3) is 0 Å². The van der Waals surface area contributed by atoms with Crippen LogP contribution in [0.15, 0.2) is 29.3 Å². The average Bonchev–Trinajstić information content (AvgIpc) is 3.03. The lowest BCUT2D eigenvalue weighted by atomic mass is 10.2. The van der Waals surface area contributed by atoms with Crippen molar-refractivity contribution in [2.75, 3.05) is 0 Å². The summed E-state index contributed by atoms with van der Waals surface area (Å²) in [5.74, 6) is -0.111. The van der Waals surface area contributed by atoms with Crippen molar-refractivity contribution in [1.29, 1.82) is 0 Å². The molecule has 0 aliphatic heterocycles. The van der Waals surface area contributed by atoms with E-state index in [1.54, 1.807) is 24.3 Å². The largest absolute Gasteiger partial charge is 0.349 e. The lowest BCUT2D eigenvalue weighted by molar-refractivity contribution is 0.0951. The highest BCUT2D eigenvalue weighted by Crippen LogP contribution is 2.20. The molecule has 76 valence electrons. The molecule has 0 unspecified atom stereocenters. The lowest BCUT2D eigenvalue weighted by Gasteiger charge is -2.02. The maximum atomic E-state index is 11.6. The van der Waals surface area contributed by atoms with Gasteiger partial charge in [-0.25, -0.2) is 4.79 Å². The first-order valence-electron chi connectivity index (χ1n) is 4.78. The van der Waals surface area contributed by atoms with Gasteiger partial charge in [-0.3, -0.25) is 4.79 Å². The van der Waals surface area contributed by atoms with Crippen LogP contribution < -0.4 is 5.32 Å². The molecule has 4 heteroatoms. The molecule has 1 aromatic carbocycles. The van der Waals surface area contributed by atoms with Gasteiger partial charge in [0.2, 0.25) is 6.08 Å². The fourth-order valence-corrected chi connectivity index (χ4v) is 1.27. The quantitative estimate of drug-likeness (QED) is 0.597. The van der Waals surface area contributed by atoms with Gasteiger partial charge < -0.3 is 5.32 Å². The number of rotatable bonds is 3. The third-order valence-electron chi connectivity index (χ3n) is 2.20. The molecule has 1 saturated carbocycles. The number of carbonyl (C=O) groups is 1. The third-order valence-corrected chi connectivity index (χ3v) is 2.20. The van der Waals surface area contributed by atoms with Gasteiger partial charge in [0.1, 0.15) is 0 Å². The number of aliphatic imine (C=N–C) groups is 1. The van der Waals surface area contributed by atoms with Crippen molar-refractivity contribution >= 4 is 17.7 Å². The molecule has 1 aromatic rings. The summed E-state index contributed by atoms with van der Waals surface area (Å²) in [6, 6.07) is 6.94. The first kappa shape index (κ1) is 9.62. The van der Waals surface area contributed by atoms with Crippen LogP contribution in [0.4, 0.5) is 5.69 Å². The van der Waals surface area contributed by atoms with Gasteiger partial charge in [-0.15, -0.1) is 0 Å². The second kappa shape index (κ2) is 4.07. The van der Waals surface area contributed by atoms with Crippen molar-refractivity contribution in [3.05, 3.63) is 29.8 Å². The molecule has 0 radical (unpaired) electrons. The van der Waals surface area contributed by atoms with E-state index in [-0.39, 0.29) is 5.91 Å². The second-order valence-corrected chi connectivity index (χ2v) is 3.50.